The number of anilines is 1. The average Bonchev–Trinajstić information content (AvgIpc) is 2.88. The molecule has 6 heteroatoms. The van der Waals surface area contributed by atoms with E-state index in [-0.39, 0.29) is 18.3 Å². The Balaban J connectivity index is 0.00000200. The van der Waals surface area contributed by atoms with Crippen LogP contribution in [0.5, 0.6) is 0 Å². The second kappa shape index (κ2) is 8.68. The third-order valence-corrected chi connectivity index (χ3v) is 3.60. The summed E-state index contributed by atoms with van der Waals surface area (Å²) in [5.41, 5.74) is 1.12. The zero-order valence-electron chi connectivity index (χ0n) is 11.3. The summed E-state index contributed by atoms with van der Waals surface area (Å²) in [4.78, 5) is 17.0. The highest BCUT2D eigenvalue weighted by molar-refractivity contribution is 7.19. The summed E-state index contributed by atoms with van der Waals surface area (Å²) in [5, 5.41) is 6.51. The molecule has 0 atom stereocenters. The van der Waals surface area contributed by atoms with Crippen LogP contribution >= 0.6 is 23.7 Å². The van der Waals surface area contributed by atoms with Crippen LogP contribution in [-0.2, 0) is 4.79 Å². The summed E-state index contributed by atoms with van der Waals surface area (Å²) in [6.45, 7) is 0.848. The quantitative estimate of drug-likeness (QED) is 0.806. The van der Waals surface area contributed by atoms with E-state index in [0.29, 0.717) is 11.6 Å². The van der Waals surface area contributed by atoms with Crippen LogP contribution in [0.15, 0.2) is 36.5 Å². The van der Waals surface area contributed by atoms with Gasteiger partial charge in [0.15, 0.2) is 5.13 Å². The first kappa shape index (κ1) is 16.6. The van der Waals surface area contributed by atoms with E-state index < -0.39 is 0 Å². The van der Waals surface area contributed by atoms with Gasteiger partial charge in [-0.1, -0.05) is 41.7 Å². The molecule has 0 saturated carbocycles. The molecule has 1 aromatic heterocycles. The Morgan fingerprint density at radius 3 is 2.75 bits per heavy atom. The van der Waals surface area contributed by atoms with Gasteiger partial charge in [0.25, 0.3) is 0 Å². The lowest BCUT2D eigenvalue weighted by atomic mass is 10.2. The number of rotatable bonds is 6. The van der Waals surface area contributed by atoms with Gasteiger partial charge in [-0.3, -0.25) is 4.79 Å². The maximum Gasteiger partial charge on any atom is 0.226 e. The van der Waals surface area contributed by atoms with Crippen molar-refractivity contribution >= 4 is 34.8 Å². The fourth-order valence-electron chi connectivity index (χ4n) is 1.68. The number of hydrogen-bond donors (Lipinski definition) is 2. The van der Waals surface area contributed by atoms with Crippen molar-refractivity contribution in [2.24, 2.45) is 0 Å². The van der Waals surface area contributed by atoms with E-state index in [0.717, 1.165) is 23.4 Å². The van der Waals surface area contributed by atoms with Crippen LogP contribution < -0.4 is 10.6 Å². The first-order valence-corrected chi connectivity index (χ1v) is 7.07. The smallest absolute Gasteiger partial charge is 0.226 e. The van der Waals surface area contributed by atoms with Gasteiger partial charge in [-0.25, -0.2) is 4.98 Å². The number of amides is 1. The van der Waals surface area contributed by atoms with Crippen LogP contribution in [0.25, 0.3) is 10.4 Å². The normalized spacial score (nSPS) is 9.85. The van der Waals surface area contributed by atoms with Gasteiger partial charge in [0.2, 0.25) is 5.91 Å². The Morgan fingerprint density at radius 1 is 1.30 bits per heavy atom. The molecular formula is C14H18ClN3OS. The number of aromatic nitrogens is 1. The predicted octanol–water partition coefficient (Wildman–Crippen LogP) is 3.17. The van der Waals surface area contributed by atoms with Crippen LogP contribution in [0.1, 0.15) is 12.8 Å². The van der Waals surface area contributed by atoms with Crippen molar-refractivity contribution < 1.29 is 4.79 Å². The van der Waals surface area contributed by atoms with Crippen molar-refractivity contribution in [1.29, 1.82) is 0 Å². The van der Waals surface area contributed by atoms with Crippen molar-refractivity contribution in [3.8, 4) is 10.4 Å². The Labute approximate surface area is 129 Å². The van der Waals surface area contributed by atoms with Gasteiger partial charge in [-0.2, -0.15) is 0 Å². The summed E-state index contributed by atoms with van der Waals surface area (Å²) in [7, 11) is 1.88. The molecule has 0 saturated heterocycles. The lowest BCUT2D eigenvalue weighted by Crippen LogP contribution is -2.14. The summed E-state index contributed by atoms with van der Waals surface area (Å²) >= 11 is 1.49. The van der Waals surface area contributed by atoms with Gasteiger partial charge >= 0.3 is 0 Å². The molecule has 1 aromatic carbocycles. The lowest BCUT2D eigenvalue weighted by Gasteiger charge is -2.00. The zero-order valence-corrected chi connectivity index (χ0v) is 12.9. The van der Waals surface area contributed by atoms with E-state index in [1.807, 2.05) is 37.4 Å². The SMILES string of the molecule is CNCCCC(=O)Nc1ncc(-c2ccccc2)s1.Cl. The average molecular weight is 312 g/mol. The van der Waals surface area contributed by atoms with Crippen molar-refractivity contribution in [3.05, 3.63) is 36.5 Å². The third-order valence-electron chi connectivity index (χ3n) is 2.64. The molecular weight excluding hydrogens is 294 g/mol. The van der Waals surface area contributed by atoms with Crippen molar-refractivity contribution in [2.45, 2.75) is 12.8 Å². The molecule has 0 bridgehead atoms. The molecule has 0 aliphatic carbocycles. The topological polar surface area (TPSA) is 54.0 Å². The van der Waals surface area contributed by atoms with Crippen molar-refractivity contribution in [3.63, 3.8) is 0 Å². The Hall–Kier alpha value is -1.43. The number of halogens is 1. The number of benzene rings is 1. The van der Waals surface area contributed by atoms with Crippen LogP contribution in [0.3, 0.4) is 0 Å². The molecule has 2 aromatic rings. The van der Waals surface area contributed by atoms with Gasteiger partial charge in [0, 0.05) is 12.6 Å². The van der Waals surface area contributed by atoms with Crippen molar-refractivity contribution in [1.82, 2.24) is 10.3 Å². The first-order valence-electron chi connectivity index (χ1n) is 6.25. The standard InChI is InChI=1S/C14H17N3OS.ClH/c1-15-9-5-8-13(18)17-14-16-10-12(19-14)11-6-3-2-4-7-11;/h2-4,6-7,10,15H,5,8-9H2,1H3,(H,16,17,18);1H. The first-order chi connectivity index (χ1) is 9.29. The molecule has 4 nitrogen and oxygen atoms in total. The third kappa shape index (κ3) is 4.92. The minimum absolute atomic E-state index is 0. The van der Waals surface area contributed by atoms with Crippen LogP contribution in [-0.4, -0.2) is 24.5 Å². The van der Waals surface area contributed by atoms with E-state index >= 15 is 0 Å². The number of carbonyl (C=O) groups excluding carboxylic acids is 1. The Bertz CT molecular complexity index is 530. The number of nitrogens with zero attached hydrogens (tertiary/aromatic N) is 1. The maximum absolute atomic E-state index is 11.7. The molecule has 20 heavy (non-hydrogen) atoms. The van der Waals surface area contributed by atoms with Crippen LogP contribution in [0, 0.1) is 0 Å². The monoisotopic (exact) mass is 311 g/mol. The van der Waals surface area contributed by atoms with E-state index in [4.69, 9.17) is 0 Å². The Morgan fingerprint density at radius 2 is 2.05 bits per heavy atom. The minimum atomic E-state index is 0. The molecule has 0 aliphatic rings. The summed E-state index contributed by atoms with van der Waals surface area (Å²) in [5.74, 6) is 0.0178. The van der Waals surface area contributed by atoms with Crippen LogP contribution in [0.4, 0.5) is 5.13 Å². The molecule has 1 heterocycles. The fourth-order valence-corrected chi connectivity index (χ4v) is 2.51. The number of carbonyl (C=O) groups is 1. The summed E-state index contributed by atoms with van der Waals surface area (Å²) in [6, 6.07) is 10.0. The predicted molar refractivity (Wildman–Crippen MR) is 86.6 cm³/mol. The number of hydrogen-bond acceptors (Lipinski definition) is 4. The van der Waals surface area contributed by atoms with Gasteiger partial charge in [0.05, 0.1) is 4.88 Å². The highest BCUT2D eigenvalue weighted by Crippen LogP contribution is 2.28. The minimum Gasteiger partial charge on any atom is -0.320 e. The molecule has 0 aliphatic heterocycles. The highest BCUT2D eigenvalue weighted by atomic mass is 35.5. The van der Waals surface area contributed by atoms with Gasteiger partial charge in [0.1, 0.15) is 0 Å². The van der Waals surface area contributed by atoms with Gasteiger partial charge < -0.3 is 10.6 Å². The summed E-state index contributed by atoms with van der Waals surface area (Å²) in [6.07, 6.45) is 3.14. The second-order valence-corrected chi connectivity index (χ2v) is 5.18. The zero-order chi connectivity index (χ0) is 13.5. The maximum atomic E-state index is 11.7. The number of thiazole rings is 1. The van der Waals surface area contributed by atoms with Gasteiger partial charge in [-0.05, 0) is 25.6 Å². The molecule has 1 amide bonds. The molecule has 0 radical (unpaired) electrons. The molecule has 0 unspecified atom stereocenters. The molecule has 2 rings (SSSR count). The fraction of sp³-hybridized carbons (Fsp3) is 0.286. The van der Waals surface area contributed by atoms with Crippen molar-refractivity contribution in [2.75, 3.05) is 18.9 Å². The Kier molecular flexibility index (Phi) is 7.22. The van der Waals surface area contributed by atoms with E-state index in [9.17, 15) is 4.79 Å². The lowest BCUT2D eigenvalue weighted by molar-refractivity contribution is -0.116. The summed E-state index contributed by atoms with van der Waals surface area (Å²) < 4.78 is 0. The van der Waals surface area contributed by atoms with Crippen LogP contribution in [0.2, 0.25) is 0 Å². The van der Waals surface area contributed by atoms with E-state index in [2.05, 4.69) is 15.6 Å². The van der Waals surface area contributed by atoms with E-state index in [1.165, 1.54) is 11.3 Å². The second-order valence-electron chi connectivity index (χ2n) is 4.15. The largest absolute Gasteiger partial charge is 0.320 e. The van der Waals surface area contributed by atoms with E-state index in [1.54, 1.807) is 6.20 Å². The van der Waals surface area contributed by atoms with Gasteiger partial charge in [-0.15, -0.1) is 12.4 Å². The molecule has 0 spiro atoms. The number of nitrogens with one attached hydrogen (secondary N) is 2. The molecule has 108 valence electrons. The highest BCUT2D eigenvalue weighted by Gasteiger charge is 2.07. The molecule has 0 fully saturated rings. The molecule has 2 N–H and O–H groups in total.